The van der Waals surface area contributed by atoms with Crippen molar-refractivity contribution >= 4 is 5.78 Å². The Hall–Kier alpha value is -0.330. The van der Waals surface area contributed by atoms with Gasteiger partial charge in [0.1, 0.15) is 5.78 Å². The largest absolute Gasteiger partial charge is 0.300 e. The molecule has 5 aliphatic carbocycles. The van der Waals surface area contributed by atoms with E-state index >= 15 is 0 Å². The Balaban J connectivity index is 1.79. The Morgan fingerprint density at radius 3 is 2.25 bits per heavy atom. The average Bonchev–Trinajstić information content (AvgIpc) is 2.45. The lowest BCUT2D eigenvalue weighted by Gasteiger charge is -2.17. The maximum absolute atomic E-state index is 11.4. The van der Waals surface area contributed by atoms with Gasteiger partial charge in [-0.25, -0.2) is 0 Å². The van der Waals surface area contributed by atoms with Crippen molar-refractivity contribution in [2.45, 2.75) is 19.8 Å². The summed E-state index contributed by atoms with van der Waals surface area (Å²) >= 11 is 0. The summed E-state index contributed by atoms with van der Waals surface area (Å²) in [7, 11) is 0. The molecule has 5 saturated carbocycles. The molecule has 1 heteroatoms. The van der Waals surface area contributed by atoms with E-state index in [1.54, 1.807) is 6.92 Å². The summed E-state index contributed by atoms with van der Waals surface area (Å²) in [5.74, 6) is 7.07. The molecule has 0 aromatic heterocycles. The highest BCUT2D eigenvalue weighted by molar-refractivity contribution is 5.79. The number of carbonyl (C=O) groups is 1. The molecule has 12 heavy (non-hydrogen) atoms. The number of rotatable bonds is 1. The molecule has 0 N–H and O–H groups in total. The van der Waals surface area contributed by atoms with Gasteiger partial charge in [0.05, 0.1) is 0 Å². The first-order valence-corrected chi connectivity index (χ1v) is 5.29. The van der Waals surface area contributed by atoms with Crippen LogP contribution in [0.1, 0.15) is 19.8 Å². The number of carbonyl (C=O) groups excluding carboxylic acids is 1. The molecular formula is C11H14O. The molecule has 5 aliphatic rings. The molecule has 6 bridgehead atoms. The van der Waals surface area contributed by atoms with Crippen LogP contribution < -0.4 is 0 Å². The standard InChI is InChI=1S/C11H14O/c1-4(12)5-2-6-7-3-8-10(6)11(8)9(5)7/h5-11H,2-3H2,1H3/t5-,6-,7-,8+,9+,10?,11?/m0/s1. The van der Waals surface area contributed by atoms with E-state index in [4.69, 9.17) is 0 Å². The predicted molar refractivity (Wildman–Crippen MR) is 44.3 cm³/mol. The van der Waals surface area contributed by atoms with Gasteiger partial charge in [-0.15, -0.1) is 0 Å². The van der Waals surface area contributed by atoms with Crippen LogP contribution in [0.25, 0.3) is 0 Å². The molecular weight excluding hydrogens is 148 g/mol. The third kappa shape index (κ3) is 0.419. The van der Waals surface area contributed by atoms with Crippen molar-refractivity contribution in [1.29, 1.82) is 0 Å². The van der Waals surface area contributed by atoms with E-state index in [2.05, 4.69) is 0 Å². The zero-order chi connectivity index (χ0) is 8.03. The van der Waals surface area contributed by atoms with Gasteiger partial charge in [0, 0.05) is 5.92 Å². The van der Waals surface area contributed by atoms with Gasteiger partial charge in [0.25, 0.3) is 0 Å². The van der Waals surface area contributed by atoms with Crippen LogP contribution in [0.3, 0.4) is 0 Å². The SMILES string of the molecule is CC(=O)[C@@H]1C[C@@H]2C3C4[C@@H]3C[C@@H]2[C@H]41. The number of Topliss-reactive ketones (excluding diaryl/α,β-unsaturated/α-hetero) is 1. The van der Waals surface area contributed by atoms with E-state index < -0.39 is 0 Å². The molecule has 0 aliphatic heterocycles. The summed E-state index contributed by atoms with van der Waals surface area (Å²) < 4.78 is 0. The summed E-state index contributed by atoms with van der Waals surface area (Å²) in [6, 6.07) is 0. The highest BCUT2D eigenvalue weighted by Crippen LogP contribution is 2.82. The van der Waals surface area contributed by atoms with Crippen molar-refractivity contribution in [3.63, 3.8) is 0 Å². The highest BCUT2D eigenvalue weighted by Gasteiger charge is 2.77. The fraction of sp³-hybridized carbons (Fsp3) is 0.909. The normalized spacial score (nSPS) is 68.9. The minimum atomic E-state index is 0.485. The molecule has 1 nitrogen and oxygen atoms in total. The van der Waals surface area contributed by atoms with Crippen LogP contribution >= 0.6 is 0 Å². The topological polar surface area (TPSA) is 17.1 Å². The molecule has 0 aromatic rings. The number of hydrogen-bond acceptors (Lipinski definition) is 1. The van der Waals surface area contributed by atoms with Gasteiger partial charge in [-0.05, 0) is 55.3 Å². The molecule has 5 fully saturated rings. The lowest BCUT2D eigenvalue weighted by Crippen LogP contribution is -2.20. The zero-order valence-electron chi connectivity index (χ0n) is 7.36. The quantitative estimate of drug-likeness (QED) is 0.574. The average molecular weight is 162 g/mol. The van der Waals surface area contributed by atoms with E-state index in [1.807, 2.05) is 0 Å². The van der Waals surface area contributed by atoms with Crippen molar-refractivity contribution in [3.05, 3.63) is 0 Å². The Labute approximate surface area is 72.5 Å². The van der Waals surface area contributed by atoms with E-state index in [9.17, 15) is 4.79 Å². The van der Waals surface area contributed by atoms with Crippen LogP contribution in [-0.2, 0) is 4.79 Å². The second-order valence-corrected chi connectivity index (χ2v) is 5.41. The summed E-state index contributed by atoms with van der Waals surface area (Å²) in [4.78, 5) is 11.4. The van der Waals surface area contributed by atoms with Gasteiger partial charge in [-0.1, -0.05) is 0 Å². The minimum absolute atomic E-state index is 0.485. The lowest BCUT2D eigenvalue weighted by molar-refractivity contribution is -0.122. The molecule has 0 saturated heterocycles. The van der Waals surface area contributed by atoms with Crippen LogP contribution in [-0.4, -0.2) is 5.78 Å². The Morgan fingerprint density at radius 2 is 1.75 bits per heavy atom. The molecule has 0 spiro atoms. The fourth-order valence-electron chi connectivity index (χ4n) is 5.18. The fourth-order valence-corrected chi connectivity index (χ4v) is 5.18. The van der Waals surface area contributed by atoms with E-state index in [0.29, 0.717) is 11.7 Å². The molecule has 7 atom stereocenters. The van der Waals surface area contributed by atoms with Crippen molar-refractivity contribution in [2.24, 2.45) is 41.4 Å². The second kappa shape index (κ2) is 1.51. The van der Waals surface area contributed by atoms with E-state index in [0.717, 1.165) is 35.5 Å². The first kappa shape index (κ1) is 6.17. The van der Waals surface area contributed by atoms with Gasteiger partial charge < -0.3 is 0 Å². The van der Waals surface area contributed by atoms with E-state index in [-0.39, 0.29) is 0 Å². The Kier molecular flexibility index (Phi) is 0.779. The third-order valence-electron chi connectivity index (χ3n) is 5.33. The molecule has 2 unspecified atom stereocenters. The maximum Gasteiger partial charge on any atom is 0.133 e. The monoisotopic (exact) mass is 162 g/mol. The minimum Gasteiger partial charge on any atom is -0.300 e. The van der Waals surface area contributed by atoms with Gasteiger partial charge in [-0.3, -0.25) is 4.79 Å². The Bertz CT molecular complexity index is 283. The van der Waals surface area contributed by atoms with Gasteiger partial charge in [0.2, 0.25) is 0 Å². The zero-order valence-corrected chi connectivity index (χ0v) is 7.36. The number of hydrogen-bond donors (Lipinski definition) is 0. The highest BCUT2D eigenvalue weighted by atomic mass is 16.1. The lowest BCUT2D eigenvalue weighted by atomic mass is 9.86. The Morgan fingerprint density at radius 1 is 1.00 bits per heavy atom. The molecule has 0 heterocycles. The van der Waals surface area contributed by atoms with Crippen LogP contribution in [0, 0.1) is 41.4 Å². The molecule has 64 valence electrons. The first-order chi connectivity index (χ1) is 5.79. The van der Waals surface area contributed by atoms with Crippen LogP contribution in [0.4, 0.5) is 0 Å². The third-order valence-corrected chi connectivity index (χ3v) is 5.33. The van der Waals surface area contributed by atoms with Crippen molar-refractivity contribution < 1.29 is 4.79 Å². The van der Waals surface area contributed by atoms with E-state index in [1.165, 1.54) is 12.8 Å². The smallest absolute Gasteiger partial charge is 0.133 e. The molecule has 0 amide bonds. The van der Waals surface area contributed by atoms with Gasteiger partial charge >= 0.3 is 0 Å². The summed E-state index contributed by atoms with van der Waals surface area (Å²) in [5, 5.41) is 0. The van der Waals surface area contributed by atoms with Gasteiger partial charge in [-0.2, -0.15) is 0 Å². The maximum atomic E-state index is 11.4. The molecule has 0 aromatic carbocycles. The second-order valence-electron chi connectivity index (χ2n) is 5.41. The number of ketones is 1. The van der Waals surface area contributed by atoms with Gasteiger partial charge in [0.15, 0.2) is 0 Å². The first-order valence-electron chi connectivity index (χ1n) is 5.29. The summed E-state index contributed by atoms with van der Waals surface area (Å²) in [5.41, 5.74) is 0. The van der Waals surface area contributed by atoms with Crippen molar-refractivity contribution in [1.82, 2.24) is 0 Å². The predicted octanol–water partition coefficient (Wildman–Crippen LogP) is 1.72. The summed E-state index contributed by atoms with van der Waals surface area (Å²) in [6.45, 7) is 1.81. The van der Waals surface area contributed by atoms with Crippen molar-refractivity contribution in [3.8, 4) is 0 Å². The van der Waals surface area contributed by atoms with Crippen molar-refractivity contribution in [2.75, 3.05) is 0 Å². The molecule has 5 rings (SSSR count). The molecule has 0 radical (unpaired) electrons. The van der Waals surface area contributed by atoms with Crippen LogP contribution in [0.2, 0.25) is 0 Å². The van der Waals surface area contributed by atoms with Crippen LogP contribution in [0.5, 0.6) is 0 Å². The summed E-state index contributed by atoms with van der Waals surface area (Å²) in [6.07, 6.45) is 2.76. The van der Waals surface area contributed by atoms with Crippen LogP contribution in [0.15, 0.2) is 0 Å².